The van der Waals surface area contributed by atoms with Crippen LogP contribution >= 0.6 is 0 Å². The number of carboxylic acid groups (broad SMARTS) is 2. The maximum Gasteiger partial charge on any atom is 0.394 e. The lowest BCUT2D eigenvalue weighted by Crippen LogP contribution is -2.45. The molecule has 0 aromatic heterocycles. The highest BCUT2D eigenvalue weighted by atomic mass is 16.5. The molecule has 0 aliphatic rings. The van der Waals surface area contributed by atoms with E-state index in [1.807, 2.05) is 5.32 Å². The van der Waals surface area contributed by atoms with E-state index in [1.54, 1.807) is 24.3 Å². The van der Waals surface area contributed by atoms with Crippen LogP contribution in [0.15, 0.2) is 24.3 Å². The molecule has 0 aliphatic heterocycles. The van der Waals surface area contributed by atoms with Crippen molar-refractivity contribution in [3.8, 4) is 5.75 Å². The first-order chi connectivity index (χ1) is 10.4. The smallest absolute Gasteiger partial charge is 0.394 e. The minimum atomic E-state index is -1.73. The highest BCUT2D eigenvalue weighted by Gasteiger charge is 2.23. The molecule has 0 heterocycles. The fraction of sp³-hybridized carbons (Fsp3) is 0.357. The number of hydrogen-bond donors (Lipinski definition) is 4. The maximum atomic E-state index is 11.1. The maximum absolute atomic E-state index is 11.1. The largest absolute Gasteiger partial charge is 0.494 e. The average molecular weight is 310 g/mol. The van der Waals surface area contributed by atoms with Gasteiger partial charge in [-0.25, -0.2) is 9.59 Å². The van der Waals surface area contributed by atoms with E-state index in [9.17, 15) is 14.4 Å². The summed E-state index contributed by atoms with van der Waals surface area (Å²) in [6.45, 7) is 1.02. The van der Waals surface area contributed by atoms with Gasteiger partial charge < -0.3 is 26.0 Å². The summed E-state index contributed by atoms with van der Waals surface area (Å²) < 4.78 is 5.41. The lowest BCUT2D eigenvalue weighted by molar-refractivity contribution is -0.152. The first-order valence-corrected chi connectivity index (χ1v) is 6.62. The van der Waals surface area contributed by atoms with Gasteiger partial charge in [-0.2, -0.15) is 0 Å². The van der Waals surface area contributed by atoms with Crippen LogP contribution in [0.4, 0.5) is 0 Å². The first-order valence-electron chi connectivity index (χ1n) is 6.62. The van der Waals surface area contributed by atoms with E-state index in [2.05, 4.69) is 0 Å². The molecule has 120 valence electrons. The SMILES string of the molecule is NCCCOc1ccc(CC(NC(=O)C(=O)O)C(=O)O)cc1. The van der Waals surface area contributed by atoms with Gasteiger partial charge in [0.1, 0.15) is 11.8 Å². The zero-order chi connectivity index (χ0) is 16.5. The zero-order valence-electron chi connectivity index (χ0n) is 11.8. The normalized spacial score (nSPS) is 11.5. The van der Waals surface area contributed by atoms with Crippen LogP contribution in [0, 0.1) is 0 Å². The Balaban J connectivity index is 2.64. The first kappa shape index (κ1) is 17.4. The summed E-state index contributed by atoms with van der Waals surface area (Å²) in [6, 6.07) is 5.34. The molecule has 1 aromatic rings. The minimum Gasteiger partial charge on any atom is -0.494 e. The number of rotatable bonds is 8. The quantitative estimate of drug-likeness (QED) is 0.379. The van der Waals surface area contributed by atoms with Crippen LogP contribution in [0.1, 0.15) is 12.0 Å². The molecule has 1 amide bonds. The lowest BCUT2D eigenvalue weighted by atomic mass is 10.1. The van der Waals surface area contributed by atoms with Gasteiger partial charge in [0.25, 0.3) is 0 Å². The molecule has 0 fully saturated rings. The van der Waals surface area contributed by atoms with Crippen molar-refractivity contribution in [3.63, 3.8) is 0 Å². The molecular formula is C14H18N2O6. The van der Waals surface area contributed by atoms with Crippen LogP contribution in [-0.4, -0.2) is 47.3 Å². The number of nitrogens with two attached hydrogens (primary N) is 1. The van der Waals surface area contributed by atoms with Gasteiger partial charge in [0.05, 0.1) is 6.61 Å². The van der Waals surface area contributed by atoms with E-state index >= 15 is 0 Å². The van der Waals surface area contributed by atoms with E-state index in [0.29, 0.717) is 24.5 Å². The molecule has 0 bridgehead atoms. The van der Waals surface area contributed by atoms with Crippen molar-refractivity contribution in [2.24, 2.45) is 5.73 Å². The van der Waals surface area contributed by atoms with Gasteiger partial charge in [-0.1, -0.05) is 12.1 Å². The summed E-state index contributed by atoms with van der Waals surface area (Å²) >= 11 is 0. The van der Waals surface area contributed by atoms with Crippen LogP contribution in [0.25, 0.3) is 0 Å². The minimum absolute atomic E-state index is 0.0303. The number of hydrogen-bond acceptors (Lipinski definition) is 5. The van der Waals surface area contributed by atoms with E-state index in [1.165, 1.54) is 0 Å². The summed E-state index contributed by atoms with van der Waals surface area (Å²) in [6.07, 6.45) is 0.696. The van der Waals surface area contributed by atoms with E-state index in [0.717, 1.165) is 6.42 Å². The fourth-order valence-corrected chi connectivity index (χ4v) is 1.65. The number of ether oxygens (including phenoxy) is 1. The van der Waals surface area contributed by atoms with Crippen molar-refractivity contribution in [1.82, 2.24) is 5.32 Å². The molecule has 5 N–H and O–H groups in total. The van der Waals surface area contributed by atoms with Crippen LogP contribution in [0.2, 0.25) is 0 Å². The predicted molar refractivity (Wildman–Crippen MR) is 76.5 cm³/mol. The zero-order valence-corrected chi connectivity index (χ0v) is 11.8. The number of benzene rings is 1. The highest BCUT2D eigenvalue weighted by molar-refractivity contribution is 6.31. The molecule has 0 saturated heterocycles. The number of nitrogens with one attached hydrogen (secondary N) is 1. The second-order valence-corrected chi connectivity index (χ2v) is 4.51. The van der Waals surface area contributed by atoms with Crippen LogP contribution < -0.4 is 15.8 Å². The molecule has 1 unspecified atom stereocenters. The Bertz CT molecular complexity index is 529. The molecule has 0 radical (unpaired) electrons. The Morgan fingerprint density at radius 2 is 1.82 bits per heavy atom. The molecule has 1 atom stereocenters. The van der Waals surface area contributed by atoms with Gasteiger partial charge in [0, 0.05) is 6.42 Å². The van der Waals surface area contributed by atoms with Gasteiger partial charge in [0.2, 0.25) is 0 Å². The molecule has 22 heavy (non-hydrogen) atoms. The standard InChI is InChI=1S/C14H18N2O6/c15-6-1-7-22-10-4-2-9(3-5-10)8-11(13(18)19)16-12(17)14(20)21/h2-5,11H,1,6-8,15H2,(H,16,17)(H,18,19)(H,20,21). The van der Waals surface area contributed by atoms with Crippen molar-refractivity contribution in [3.05, 3.63) is 29.8 Å². The molecular weight excluding hydrogens is 292 g/mol. The summed E-state index contributed by atoms with van der Waals surface area (Å²) in [4.78, 5) is 32.6. The number of amides is 1. The lowest BCUT2D eigenvalue weighted by Gasteiger charge is -2.13. The Morgan fingerprint density at radius 3 is 2.32 bits per heavy atom. The van der Waals surface area contributed by atoms with Crippen molar-refractivity contribution in [2.75, 3.05) is 13.2 Å². The second-order valence-electron chi connectivity index (χ2n) is 4.51. The molecule has 0 aliphatic carbocycles. The van der Waals surface area contributed by atoms with Gasteiger partial charge in [0.15, 0.2) is 0 Å². The number of aliphatic carboxylic acids is 2. The Hall–Kier alpha value is -2.61. The van der Waals surface area contributed by atoms with Crippen molar-refractivity contribution in [1.29, 1.82) is 0 Å². The Kier molecular flexibility index (Phi) is 6.84. The van der Waals surface area contributed by atoms with E-state index in [-0.39, 0.29) is 6.42 Å². The van der Waals surface area contributed by atoms with Crippen LogP contribution in [-0.2, 0) is 20.8 Å². The fourth-order valence-electron chi connectivity index (χ4n) is 1.65. The van der Waals surface area contributed by atoms with Gasteiger partial charge >= 0.3 is 17.8 Å². The third kappa shape index (κ3) is 5.80. The average Bonchev–Trinajstić information content (AvgIpc) is 2.48. The molecule has 8 nitrogen and oxygen atoms in total. The predicted octanol–water partition coefficient (Wildman–Crippen LogP) is -0.389. The van der Waals surface area contributed by atoms with Crippen molar-refractivity contribution >= 4 is 17.8 Å². The molecule has 1 rings (SSSR count). The highest BCUT2D eigenvalue weighted by Crippen LogP contribution is 2.14. The van der Waals surface area contributed by atoms with Gasteiger partial charge in [-0.3, -0.25) is 4.79 Å². The number of carbonyl (C=O) groups is 3. The monoisotopic (exact) mass is 310 g/mol. The Morgan fingerprint density at radius 1 is 1.18 bits per heavy atom. The van der Waals surface area contributed by atoms with Gasteiger partial charge in [-0.05, 0) is 30.7 Å². The number of carboxylic acids is 2. The summed E-state index contributed by atoms with van der Waals surface area (Å²) in [7, 11) is 0. The summed E-state index contributed by atoms with van der Waals surface area (Å²) in [5.41, 5.74) is 5.98. The van der Waals surface area contributed by atoms with Crippen LogP contribution in [0.3, 0.4) is 0 Å². The molecule has 8 heteroatoms. The summed E-state index contributed by atoms with van der Waals surface area (Å²) in [5, 5.41) is 19.4. The topological polar surface area (TPSA) is 139 Å². The van der Waals surface area contributed by atoms with E-state index in [4.69, 9.17) is 20.7 Å². The molecule has 0 saturated carbocycles. The Labute approximate surface area is 126 Å². The summed E-state index contributed by atoms with van der Waals surface area (Å²) in [5.74, 6) is -3.76. The van der Waals surface area contributed by atoms with Crippen LogP contribution in [0.5, 0.6) is 5.75 Å². The molecule has 1 aromatic carbocycles. The van der Waals surface area contributed by atoms with Gasteiger partial charge in [-0.15, -0.1) is 0 Å². The van der Waals surface area contributed by atoms with Crippen molar-refractivity contribution in [2.45, 2.75) is 18.9 Å². The number of carbonyl (C=O) groups excluding carboxylic acids is 1. The third-order valence-electron chi connectivity index (χ3n) is 2.78. The molecule has 0 spiro atoms. The third-order valence-corrected chi connectivity index (χ3v) is 2.78. The van der Waals surface area contributed by atoms with E-state index < -0.39 is 23.9 Å². The second kappa shape index (κ2) is 8.63. The van der Waals surface area contributed by atoms with Crippen molar-refractivity contribution < 1.29 is 29.3 Å².